The lowest BCUT2D eigenvalue weighted by atomic mass is 10.1. The highest BCUT2D eigenvalue weighted by Gasteiger charge is 2.19. The third-order valence-corrected chi connectivity index (χ3v) is 6.61. The van der Waals surface area contributed by atoms with Gasteiger partial charge in [-0.15, -0.1) is 10.2 Å². The van der Waals surface area contributed by atoms with E-state index < -0.39 is 0 Å². The zero-order chi connectivity index (χ0) is 24.5. The van der Waals surface area contributed by atoms with E-state index >= 15 is 0 Å². The molecule has 1 aliphatic rings. The highest BCUT2D eigenvalue weighted by molar-refractivity contribution is 7.99. The van der Waals surface area contributed by atoms with Crippen molar-refractivity contribution < 1.29 is 18.7 Å². The summed E-state index contributed by atoms with van der Waals surface area (Å²) in [7, 11) is 1.59. The first kappa shape index (κ1) is 25.0. The molecule has 1 aliphatic heterocycles. The van der Waals surface area contributed by atoms with Gasteiger partial charge in [0.05, 0.1) is 26.0 Å². The summed E-state index contributed by atoms with van der Waals surface area (Å²) in [5, 5.41) is 12.2. The Balaban J connectivity index is 1.34. The number of methoxy groups -OCH3 is 1. The van der Waals surface area contributed by atoms with E-state index in [1.807, 2.05) is 28.8 Å². The lowest BCUT2D eigenvalue weighted by Crippen LogP contribution is -2.30. The van der Waals surface area contributed by atoms with Crippen LogP contribution < -0.4 is 14.8 Å². The van der Waals surface area contributed by atoms with Crippen molar-refractivity contribution in [2.45, 2.75) is 31.0 Å². The number of nitrogens with zero attached hydrogens (tertiary/aromatic N) is 4. The summed E-state index contributed by atoms with van der Waals surface area (Å²) in [4.78, 5) is 14.8. The largest absolute Gasteiger partial charge is 0.493 e. The predicted octanol–water partition coefficient (Wildman–Crippen LogP) is 3.69. The molecule has 0 radical (unpaired) electrons. The Kier molecular flexibility index (Phi) is 8.96. The van der Waals surface area contributed by atoms with Crippen LogP contribution in [0.2, 0.25) is 0 Å². The summed E-state index contributed by atoms with van der Waals surface area (Å²) in [6.07, 6.45) is 3.60. The van der Waals surface area contributed by atoms with Crippen LogP contribution in [-0.4, -0.2) is 64.7 Å². The molecule has 0 unspecified atom stereocenters. The van der Waals surface area contributed by atoms with Gasteiger partial charge in [0.2, 0.25) is 5.91 Å². The second-order valence-corrected chi connectivity index (χ2v) is 9.13. The molecule has 1 amide bonds. The molecule has 0 aliphatic carbocycles. The van der Waals surface area contributed by atoms with E-state index in [1.54, 1.807) is 19.2 Å². The summed E-state index contributed by atoms with van der Waals surface area (Å²) in [5.41, 5.74) is 0.775. The maximum absolute atomic E-state index is 13.5. The fraction of sp³-hybridized carbons (Fsp3) is 0.400. The molecule has 35 heavy (non-hydrogen) atoms. The standard InChI is InChI=1S/C25H30FN5O3S/c1-33-21-7-3-4-8-22(21)34-16-13-27-24(32)18-35-25-29-28-23(17-30-14-5-2-6-15-30)31(25)20-11-9-19(26)10-12-20/h3-4,7-12H,2,5-6,13-18H2,1H3,(H,27,32). The molecule has 1 saturated heterocycles. The van der Waals surface area contributed by atoms with Crippen molar-refractivity contribution in [1.82, 2.24) is 25.0 Å². The summed E-state index contributed by atoms with van der Waals surface area (Å²) >= 11 is 1.30. The van der Waals surface area contributed by atoms with Crippen LogP contribution in [0.15, 0.2) is 53.7 Å². The minimum atomic E-state index is -0.302. The van der Waals surface area contributed by atoms with Crippen molar-refractivity contribution in [3.63, 3.8) is 0 Å². The Bertz CT molecular complexity index is 1100. The smallest absolute Gasteiger partial charge is 0.230 e. The van der Waals surface area contributed by atoms with Gasteiger partial charge in [0, 0.05) is 5.69 Å². The maximum Gasteiger partial charge on any atom is 0.230 e. The Hall–Kier alpha value is -3.11. The number of hydrogen-bond acceptors (Lipinski definition) is 7. The number of benzene rings is 2. The number of piperidine rings is 1. The van der Waals surface area contributed by atoms with E-state index in [9.17, 15) is 9.18 Å². The molecule has 2 aromatic carbocycles. The second-order valence-electron chi connectivity index (χ2n) is 8.19. The normalized spacial score (nSPS) is 14.0. The molecular formula is C25H30FN5O3S. The van der Waals surface area contributed by atoms with Crippen LogP contribution in [-0.2, 0) is 11.3 Å². The molecule has 0 atom stereocenters. The number of carbonyl (C=O) groups excluding carboxylic acids is 1. The number of aromatic nitrogens is 3. The molecule has 186 valence electrons. The Labute approximate surface area is 208 Å². The number of halogens is 1. The molecule has 3 aromatic rings. The van der Waals surface area contributed by atoms with E-state index in [0.717, 1.165) is 24.6 Å². The fourth-order valence-corrected chi connectivity index (χ4v) is 4.73. The van der Waals surface area contributed by atoms with E-state index in [2.05, 4.69) is 20.4 Å². The Morgan fingerprint density at radius 3 is 2.54 bits per heavy atom. The van der Waals surface area contributed by atoms with Crippen molar-refractivity contribution in [3.8, 4) is 17.2 Å². The summed E-state index contributed by atoms with van der Waals surface area (Å²) in [5.74, 6) is 1.81. The number of para-hydroxylation sites is 2. The van der Waals surface area contributed by atoms with Gasteiger partial charge in [-0.05, 0) is 62.3 Å². The van der Waals surface area contributed by atoms with Crippen molar-refractivity contribution in [2.75, 3.05) is 39.1 Å². The average molecular weight is 500 g/mol. The van der Waals surface area contributed by atoms with Gasteiger partial charge in [0.25, 0.3) is 0 Å². The van der Waals surface area contributed by atoms with Gasteiger partial charge in [-0.1, -0.05) is 30.3 Å². The molecular weight excluding hydrogens is 469 g/mol. The molecule has 1 aromatic heterocycles. The van der Waals surface area contributed by atoms with Crippen molar-refractivity contribution in [3.05, 3.63) is 60.2 Å². The second kappa shape index (κ2) is 12.6. The van der Waals surface area contributed by atoms with E-state index in [-0.39, 0.29) is 17.5 Å². The molecule has 0 spiro atoms. The average Bonchev–Trinajstić information content (AvgIpc) is 3.28. The van der Waals surface area contributed by atoms with Crippen LogP contribution in [0.3, 0.4) is 0 Å². The minimum Gasteiger partial charge on any atom is -0.493 e. The lowest BCUT2D eigenvalue weighted by molar-refractivity contribution is -0.118. The number of nitrogens with one attached hydrogen (secondary N) is 1. The Morgan fingerprint density at radius 1 is 1.06 bits per heavy atom. The number of hydrogen-bond donors (Lipinski definition) is 1. The summed E-state index contributed by atoms with van der Waals surface area (Å²) < 4.78 is 26.4. The molecule has 8 nitrogen and oxygen atoms in total. The zero-order valence-corrected chi connectivity index (χ0v) is 20.6. The molecule has 0 bridgehead atoms. The van der Waals surface area contributed by atoms with Crippen LogP contribution >= 0.6 is 11.8 Å². The van der Waals surface area contributed by atoms with Crippen LogP contribution in [0.5, 0.6) is 11.5 Å². The summed E-state index contributed by atoms with van der Waals surface area (Å²) in [6.45, 7) is 3.40. The Morgan fingerprint density at radius 2 is 1.80 bits per heavy atom. The summed E-state index contributed by atoms with van der Waals surface area (Å²) in [6, 6.07) is 13.6. The molecule has 4 rings (SSSR count). The first-order chi connectivity index (χ1) is 17.1. The molecule has 1 fully saturated rings. The number of likely N-dealkylation sites (tertiary alicyclic amines) is 1. The quantitative estimate of drug-likeness (QED) is 0.318. The van der Waals surface area contributed by atoms with Gasteiger partial charge < -0.3 is 14.8 Å². The van der Waals surface area contributed by atoms with Crippen LogP contribution in [0.25, 0.3) is 5.69 Å². The molecule has 1 N–H and O–H groups in total. The molecule has 2 heterocycles. The highest BCUT2D eigenvalue weighted by atomic mass is 32.2. The van der Waals surface area contributed by atoms with E-state index in [4.69, 9.17) is 9.47 Å². The number of thioether (sulfide) groups is 1. The third-order valence-electron chi connectivity index (χ3n) is 5.68. The van der Waals surface area contributed by atoms with Crippen LogP contribution in [0, 0.1) is 5.82 Å². The predicted molar refractivity (Wildman–Crippen MR) is 133 cm³/mol. The van der Waals surface area contributed by atoms with Crippen LogP contribution in [0.4, 0.5) is 4.39 Å². The SMILES string of the molecule is COc1ccccc1OCCNC(=O)CSc1nnc(CN2CCCCC2)n1-c1ccc(F)cc1. The first-order valence-corrected chi connectivity index (χ1v) is 12.7. The van der Waals surface area contributed by atoms with Gasteiger partial charge in [0.15, 0.2) is 22.5 Å². The zero-order valence-electron chi connectivity index (χ0n) is 19.8. The van der Waals surface area contributed by atoms with Crippen molar-refractivity contribution in [2.24, 2.45) is 0 Å². The monoisotopic (exact) mass is 499 g/mol. The number of amides is 1. The maximum atomic E-state index is 13.5. The van der Waals surface area contributed by atoms with E-state index in [1.165, 1.54) is 43.2 Å². The van der Waals surface area contributed by atoms with E-state index in [0.29, 0.717) is 36.4 Å². The minimum absolute atomic E-state index is 0.134. The van der Waals surface area contributed by atoms with Crippen molar-refractivity contribution >= 4 is 17.7 Å². The molecule has 0 saturated carbocycles. The number of rotatable bonds is 11. The van der Waals surface area contributed by atoms with Gasteiger partial charge in [0.1, 0.15) is 12.4 Å². The molecule has 10 heteroatoms. The first-order valence-electron chi connectivity index (χ1n) is 11.7. The lowest BCUT2D eigenvalue weighted by Gasteiger charge is -2.26. The topological polar surface area (TPSA) is 81.5 Å². The van der Waals surface area contributed by atoms with Crippen LogP contribution in [0.1, 0.15) is 25.1 Å². The third kappa shape index (κ3) is 6.95. The van der Waals surface area contributed by atoms with Gasteiger partial charge in [-0.2, -0.15) is 0 Å². The highest BCUT2D eigenvalue weighted by Crippen LogP contribution is 2.26. The van der Waals surface area contributed by atoms with Gasteiger partial charge in [-0.25, -0.2) is 4.39 Å². The fourth-order valence-electron chi connectivity index (χ4n) is 3.93. The number of carbonyl (C=O) groups is 1. The van der Waals surface area contributed by atoms with Crippen molar-refractivity contribution in [1.29, 1.82) is 0 Å². The number of ether oxygens (including phenoxy) is 2. The van der Waals surface area contributed by atoms with Gasteiger partial charge >= 0.3 is 0 Å². The van der Waals surface area contributed by atoms with Gasteiger partial charge in [-0.3, -0.25) is 14.3 Å².